The van der Waals surface area contributed by atoms with Crippen LogP contribution in [-0.2, 0) is 9.59 Å². The minimum Gasteiger partial charge on any atom is -0.339 e. The third-order valence-electron chi connectivity index (χ3n) is 6.20. The van der Waals surface area contributed by atoms with Crippen molar-refractivity contribution >= 4 is 24.2 Å². The summed E-state index contributed by atoms with van der Waals surface area (Å²) < 4.78 is 0. The summed E-state index contributed by atoms with van der Waals surface area (Å²) in [6, 6.07) is 0.186. The van der Waals surface area contributed by atoms with E-state index >= 15 is 0 Å². The smallest absolute Gasteiger partial charge is 0.225 e. The number of piperazine rings is 1. The minimum absolute atomic E-state index is 0. The first-order valence-corrected chi connectivity index (χ1v) is 9.95. The number of halogens is 1. The van der Waals surface area contributed by atoms with Crippen LogP contribution in [0, 0.1) is 11.8 Å². The molecule has 0 spiro atoms. The van der Waals surface area contributed by atoms with Crippen molar-refractivity contribution in [3.8, 4) is 0 Å². The molecule has 5 nitrogen and oxygen atoms in total. The summed E-state index contributed by atoms with van der Waals surface area (Å²) in [7, 11) is 0. The lowest BCUT2D eigenvalue weighted by Crippen LogP contribution is -2.52. The van der Waals surface area contributed by atoms with Crippen molar-refractivity contribution in [1.82, 2.24) is 9.80 Å². The van der Waals surface area contributed by atoms with E-state index in [9.17, 15) is 9.59 Å². The molecule has 2 amide bonds. The first kappa shape index (κ1) is 20.5. The van der Waals surface area contributed by atoms with E-state index in [-0.39, 0.29) is 30.3 Å². The second-order valence-corrected chi connectivity index (χ2v) is 8.04. The van der Waals surface area contributed by atoms with Crippen LogP contribution < -0.4 is 5.73 Å². The number of carbonyl (C=O) groups excluding carboxylic acids is 2. The van der Waals surface area contributed by atoms with E-state index in [1.54, 1.807) is 0 Å². The quantitative estimate of drug-likeness (QED) is 0.829. The van der Waals surface area contributed by atoms with E-state index in [0.29, 0.717) is 44.4 Å². The van der Waals surface area contributed by atoms with Gasteiger partial charge in [0.2, 0.25) is 11.8 Å². The van der Waals surface area contributed by atoms with Crippen molar-refractivity contribution in [2.24, 2.45) is 17.6 Å². The van der Waals surface area contributed by atoms with Crippen LogP contribution in [0.4, 0.5) is 0 Å². The van der Waals surface area contributed by atoms with Gasteiger partial charge in [-0.05, 0) is 38.0 Å². The second kappa shape index (κ2) is 9.77. The minimum atomic E-state index is 0. The van der Waals surface area contributed by atoms with Crippen LogP contribution in [0.1, 0.15) is 64.2 Å². The molecule has 1 heterocycles. The Balaban J connectivity index is 0.00000225. The van der Waals surface area contributed by atoms with Crippen molar-refractivity contribution in [1.29, 1.82) is 0 Å². The maximum Gasteiger partial charge on any atom is 0.225 e. The van der Waals surface area contributed by atoms with Crippen LogP contribution in [0.3, 0.4) is 0 Å². The maximum absolute atomic E-state index is 12.7. The van der Waals surface area contributed by atoms with Gasteiger partial charge in [0, 0.05) is 44.6 Å². The first-order valence-electron chi connectivity index (χ1n) is 9.95. The molecule has 2 aliphatic carbocycles. The molecule has 1 saturated heterocycles. The fourth-order valence-electron chi connectivity index (χ4n) is 4.65. The lowest BCUT2D eigenvalue weighted by molar-refractivity contribution is -0.143. The molecule has 0 aromatic rings. The monoisotopic (exact) mass is 371 g/mol. The lowest BCUT2D eigenvalue weighted by Gasteiger charge is -2.38. The molecule has 0 aromatic carbocycles. The zero-order chi connectivity index (χ0) is 16.9. The largest absolute Gasteiger partial charge is 0.339 e. The second-order valence-electron chi connectivity index (χ2n) is 8.04. The highest BCUT2D eigenvalue weighted by Crippen LogP contribution is 2.28. The Morgan fingerprint density at radius 2 is 1.48 bits per heavy atom. The molecule has 0 bridgehead atoms. The molecule has 0 radical (unpaired) electrons. The molecule has 2 N–H and O–H groups in total. The van der Waals surface area contributed by atoms with Crippen LogP contribution in [0.25, 0.3) is 0 Å². The van der Waals surface area contributed by atoms with Gasteiger partial charge in [-0.2, -0.15) is 0 Å². The van der Waals surface area contributed by atoms with Crippen LogP contribution in [0.15, 0.2) is 0 Å². The third-order valence-corrected chi connectivity index (χ3v) is 6.20. The molecule has 0 aromatic heterocycles. The van der Waals surface area contributed by atoms with Crippen molar-refractivity contribution in [3.63, 3.8) is 0 Å². The summed E-state index contributed by atoms with van der Waals surface area (Å²) in [6.45, 7) is 2.80. The Morgan fingerprint density at radius 1 is 0.840 bits per heavy atom. The van der Waals surface area contributed by atoms with Crippen LogP contribution in [0.2, 0.25) is 0 Å². The summed E-state index contributed by atoms with van der Waals surface area (Å²) in [4.78, 5) is 29.1. The van der Waals surface area contributed by atoms with Gasteiger partial charge < -0.3 is 15.5 Å². The number of carbonyl (C=O) groups is 2. The fourth-order valence-corrected chi connectivity index (χ4v) is 4.65. The summed E-state index contributed by atoms with van der Waals surface area (Å²) in [6.07, 6.45) is 11.0. The number of rotatable bonds is 3. The number of hydrogen-bond donors (Lipinski definition) is 1. The molecule has 3 aliphatic rings. The molecular formula is C19H34ClN3O2. The van der Waals surface area contributed by atoms with Crippen LogP contribution in [-0.4, -0.2) is 53.8 Å². The van der Waals surface area contributed by atoms with Gasteiger partial charge in [0.05, 0.1) is 0 Å². The Morgan fingerprint density at radius 3 is 2.12 bits per heavy atom. The fraction of sp³-hybridized carbons (Fsp3) is 0.895. The van der Waals surface area contributed by atoms with E-state index < -0.39 is 0 Å². The summed E-state index contributed by atoms with van der Waals surface area (Å²) >= 11 is 0. The standard InChI is InChI=1S/C19H33N3O2.ClH/c20-17-8-4-7-16(14-17)19(24)22-11-9-21(10-12-22)18(23)13-15-5-2-1-3-6-15;/h15-17H,1-14,20H2;1H/t16-,17+;/m0./s1. The molecule has 0 unspecified atom stereocenters. The highest BCUT2D eigenvalue weighted by molar-refractivity contribution is 5.85. The first-order chi connectivity index (χ1) is 11.6. The number of nitrogens with zero attached hydrogens (tertiary/aromatic N) is 2. The van der Waals surface area contributed by atoms with Crippen molar-refractivity contribution in [3.05, 3.63) is 0 Å². The average molecular weight is 372 g/mol. The molecule has 2 saturated carbocycles. The zero-order valence-electron chi connectivity index (χ0n) is 15.3. The normalized spacial score (nSPS) is 28.4. The van der Waals surface area contributed by atoms with Crippen LogP contribution >= 0.6 is 12.4 Å². The van der Waals surface area contributed by atoms with E-state index in [0.717, 1.165) is 25.7 Å². The predicted octanol–water partition coefficient (Wildman–Crippen LogP) is 2.57. The molecule has 3 rings (SSSR count). The Bertz CT molecular complexity index is 446. The van der Waals surface area contributed by atoms with Crippen molar-refractivity contribution < 1.29 is 9.59 Å². The Kier molecular flexibility index (Phi) is 8.01. The van der Waals surface area contributed by atoms with E-state index in [4.69, 9.17) is 5.73 Å². The van der Waals surface area contributed by atoms with Gasteiger partial charge >= 0.3 is 0 Å². The molecule has 25 heavy (non-hydrogen) atoms. The predicted molar refractivity (Wildman–Crippen MR) is 102 cm³/mol. The van der Waals surface area contributed by atoms with Gasteiger partial charge in [0.15, 0.2) is 0 Å². The lowest BCUT2D eigenvalue weighted by atomic mass is 9.85. The van der Waals surface area contributed by atoms with Gasteiger partial charge in [-0.3, -0.25) is 9.59 Å². The molecule has 3 fully saturated rings. The molecule has 6 heteroatoms. The van der Waals surface area contributed by atoms with Crippen LogP contribution in [0.5, 0.6) is 0 Å². The number of amides is 2. The van der Waals surface area contributed by atoms with E-state index in [2.05, 4.69) is 0 Å². The average Bonchev–Trinajstić information content (AvgIpc) is 2.62. The molecular weight excluding hydrogens is 338 g/mol. The van der Waals surface area contributed by atoms with E-state index in [1.807, 2.05) is 9.80 Å². The number of hydrogen-bond acceptors (Lipinski definition) is 3. The molecule has 144 valence electrons. The maximum atomic E-state index is 12.7. The SMILES string of the molecule is Cl.N[C@@H]1CCC[C@H](C(=O)N2CCN(C(=O)CC3CCCCC3)CC2)C1. The van der Waals surface area contributed by atoms with Gasteiger partial charge in [0.1, 0.15) is 0 Å². The summed E-state index contributed by atoms with van der Waals surface area (Å²) in [5, 5.41) is 0. The third kappa shape index (κ3) is 5.58. The van der Waals surface area contributed by atoms with Gasteiger partial charge in [-0.25, -0.2) is 0 Å². The summed E-state index contributed by atoms with van der Waals surface area (Å²) in [5.74, 6) is 1.27. The molecule has 2 atom stereocenters. The Hall–Kier alpha value is -0.810. The topological polar surface area (TPSA) is 66.6 Å². The van der Waals surface area contributed by atoms with E-state index in [1.165, 1.54) is 32.1 Å². The highest BCUT2D eigenvalue weighted by atomic mass is 35.5. The highest BCUT2D eigenvalue weighted by Gasteiger charge is 2.32. The Labute approximate surface area is 158 Å². The molecule has 1 aliphatic heterocycles. The van der Waals surface area contributed by atoms with Crippen molar-refractivity contribution in [2.75, 3.05) is 26.2 Å². The van der Waals surface area contributed by atoms with Gasteiger partial charge in [-0.15, -0.1) is 12.4 Å². The van der Waals surface area contributed by atoms with Gasteiger partial charge in [0.25, 0.3) is 0 Å². The van der Waals surface area contributed by atoms with Crippen molar-refractivity contribution in [2.45, 2.75) is 70.3 Å². The number of nitrogens with two attached hydrogens (primary N) is 1. The zero-order valence-corrected chi connectivity index (χ0v) is 16.1. The van der Waals surface area contributed by atoms with Gasteiger partial charge in [-0.1, -0.05) is 25.7 Å². The summed E-state index contributed by atoms with van der Waals surface area (Å²) in [5.41, 5.74) is 6.02.